The molecule has 2 rings (SSSR count). The standard InChI is InChI=1S/C13H22N2O/c1-10-7-15(8-11(10)2)9-13-5-4-12(16-13)6-14-3/h4-5,10-11,14H,6-9H2,1-3H3. The van der Waals surface area contributed by atoms with Crippen molar-refractivity contribution in [2.45, 2.75) is 26.9 Å². The van der Waals surface area contributed by atoms with Crippen molar-refractivity contribution in [3.63, 3.8) is 0 Å². The van der Waals surface area contributed by atoms with Gasteiger partial charge in [-0.1, -0.05) is 13.8 Å². The molecule has 3 nitrogen and oxygen atoms in total. The summed E-state index contributed by atoms with van der Waals surface area (Å²) in [6, 6.07) is 4.16. The lowest BCUT2D eigenvalue weighted by Gasteiger charge is -2.12. The molecule has 1 aromatic rings. The van der Waals surface area contributed by atoms with Gasteiger partial charge in [0.25, 0.3) is 0 Å². The second kappa shape index (κ2) is 5.02. The van der Waals surface area contributed by atoms with Crippen molar-refractivity contribution >= 4 is 0 Å². The summed E-state index contributed by atoms with van der Waals surface area (Å²) in [6.45, 7) is 8.83. The molecule has 2 unspecified atom stereocenters. The quantitative estimate of drug-likeness (QED) is 0.845. The molecule has 0 saturated carbocycles. The second-order valence-electron chi connectivity index (χ2n) is 5.05. The van der Waals surface area contributed by atoms with Crippen LogP contribution in [0.4, 0.5) is 0 Å². The Morgan fingerprint density at radius 1 is 1.25 bits per heavy atom. The zero-order valence-corrected chi connectivity index (χ0v) is 10.5. The molecule has 0 amide bonds. The summed E-state index contributed by atoms with van der Waals surface area (Å²) in [5.74, 6) is 3.74. The van der Waals surface area contributed by atoms with Crippen molar-refractivity contribution in [3.05, 3.63) is 23.7 Å². The van der Waals surface area contributed by atoms with E-state index in [2.05, 4.69) is 36.2 Å². The van der Waals surface area contributed by atoms with Gasteiger partial charge in [0.1, 0.15) is 11.5 Å². The molecule has 90 valence electrons. The molecule has 0 spiro atoms. The van der Waals surface area contributed by atoms with E-state index in [0.717, 1.165) is 36.4 Å². The fraction of sp³-hybridized carbons (Fsp3) is 0.692. The van der Waals surface area contributed by atoms with Gasteiger partial charge in [-0.05, 0) is 31.0 Å². The topological polar surface area (TPSA) is 28.4 Å². The molecule has 2 heterocycles. The third kappa shape index (κ3) is 2.66. The first-order valence-electron chi connectivity index (χ1n) is 6.13. The van der Waals surface area contributed by atoms with Gasteiger partial charge in [-0.2, -0.15) is 0 Å². The Labute approximate surface area is 97.8 Å². The van der Waals surface area contributed by atoms with E-state index < -0.39 is 0 Å². The van der Waals surface area contributed by atoms with Gasteiger partial charge < -0.3 is 9.73 Å². The van der Waals surface area contributed by atoms with Crippen LogP contribution in [0.25, 0.3) is 0 Å². The van der Waals surface area contributed by atoms with Gasteiger partial charge in [0.15, 0.2) is 0 Å². The zero-order chi connectivity index (χ0) is 11.5. The van der Waals surface area contributed by atoms with E-state index in [0.29, 0.717) is 0 Å². The van der Waals surface area contributed by atoms with Gasteiger partial charge in [0.2, 0.25) is 0 Å². The molecule has 1 aromatic heterocycles. The summed E-state index contributed by atoms with van der Waals surface area (Å²) in [5, 5.41) is 3.10. The van der Waals surface area contributed by atoms with E-state index in [9.17, 15) is 0 Å². The first kappa shape index (κ1) is 11.7. The Kier molecular flexibility index (Phi) is 3.66. The fourth-order valence-corrected chi connectivity index (χ4v) is 2.37. The van der Waals surface area contributed by atoms with E-state index in [1.807, 2.05) is 7.05 Å². The molecule has 0 aromatic carbocycles. The van der Waals surface area contributed by atoms with Crippen molar-refractivity contribution in [2.24, 2.45) is 11.8 Å². The Morgan fingerprint density at radius 2 is 1.88 bits per heavy atom. The molecule has 1 N–H and O–H groups in total. The van der Waals surface area contributed by atoms with E-state index in [1.54, 1.807) is 0 Å². The Hall–Kier alpha value is -0.800. The van der Waals surface area contributed by atoms with E-state index in [-0.39, 0.29) is 0 Å². The van der Waals surface area contributed by atoms with Crippen LogP contribution in [0.3, 0.4) is 0 Å². The third-order valence-corrected chi connectivity index (χ3v) is 3.51. The van der Waals surface area contributed by atoms with E-state index in [1.165, 1.54) is 13.1 Å². The van der Waals surface area contributed by atoms with Crippen LogP contribution < -0.4 is 5.32 Å². The monoisotopic (exact) mass is 222 g/mol. The van der Waals surface area contributed by atoms with Gasteiger partial charge in [0.05, 0.1) is 13.1 Å². The summed E-state index contributed by atoms with van der Waals surface area (Å²) < 4.78 is 5.75. The number of hydrogen-bond acceptors (Lipinski definition) is 3. The molecule has 0 aliphatic carbocycles. The first-order chi connectivity index (χ1) is 7.69. The maximum atomic E-state index is 5.75. The van der Waals surface area contributed by atoms with Crippen molar-refractivity contribution in [3.8, 4) is 0 Å². The highest BCUT2D eigenvalue weighted by atomic mass is 16.3. The summed E-state index contributed by atoms with van der Waals surface area (Å²) >= 11 is 0. The Morgan fingerprint density at radius 3 is 2.50 bits per heavy atom. The summed E-state index contributed by atoms with van der Waals surface area (Å²) in [5.41, 5.74) is 0. The number of likely N-dealkylation sites (tertiary alicyclic amines) is 1. The minimum absolute atomic E-state index is 0.812. The van der Waals surface area contributed by atoms with E-state index >= 15 is 0 Å². The molecule has 3 heteroatoms. The van der Waals surface area contributed by atoms with Gasteiger partial charge in [0, 0.05) is 13.1 Å². The molecule has 2 atom stereocenters. The second-order valence-corrected chi connectivity index (χ2v) is 5.05. The highest BCUT2D eigenvalue weighted by Gasteiger charge is 2.26. The maximum Gasteiger partial charge on any atom is 0.118 e. The molecular weight excluding hydrogens is 200 g/mol. The molecule has 0 bridgehead atoms. The normalized spacial score (nSPS) is 26.4. The van der Waals surface area contributed by atoms with Crippen LogP contribution in [0.2, 0.25) is 0 Å². The van der Waals surface area contributed by atoms with Gasteiger partial charge in [-0.3, -0.25) is 4.90 Å². The maximum absolute atomic E-state index is 5.75. The molecule has 1 fully saturated rings. The zero-order valence-electron chi connectivity index (χ0n) is 10.5. The van der Waals surface area contributed by atoms with Crippen LogP contribution in [-0.4, -0.2) is 25.0 Å². The van der Waals surface area contributed by atoms with Crippen LogP contribution in [0, 0.1) is 11.8 Å². The van der Waals surface area contributed by atoms with Crippen molar-refractivity contribution < 1.29 is 4.42 Å². The molecule has 1 aliphatic heterocycles. The number of furan rings is 1. The minimum atomic E-state index is 0.812. The number of hydrogen-bond donors (Lipinski definition) is 1. The summed E-state index contributed by atoms with van der Waals surface area (Å²) in [7, 11) is 1.94. The van der Waals surface area contributed by atoms with E-state index in [4.69, 9.17) is 4.42 Å². The molecule has 1 aliphatic rings. The molecule has 0 radical (unpaired) electrons. The lowest BCUT2D eigenvalue weighted by Crippen LogP contribution is -2.19. The molecular formula is C13H22N2O. The fourth-order valence-electron chi connectivity index (χ4n) is 2.37. The number of nitrogens with one attached hydrogen (secondary N) is 1. The van der Waals surface area contributed by atoms with Crippen LogP contribution in [-0.2, 0) is 13.1 Å². The predicted octanol–water partition coefficient (Wildman–Crippen LogP) is 2.09. The SMILES string of the molecule is CNCc1ccc(CN2CC(C)C(C)C2)o1. The molecule has 16 heavy (non-hydrogen) atoms. The predicted molar refractivity (Wildman–Crippen MR) is 65.1 cm³/mol. The highest BCUT2D eigenvalue weighted by molar-refractivity contribution is 5.07. The van der Waals surface area contributed by atoms with Gasteiger partial charge >= 0.3 is 0 Å². The van der Waals surface area contributed by atoms with Crippen LogP contribution in [0.5, 0.6) is 0 Å². The summed E-state index contributed by atoms with van der Waals surface area (Å²) in [4.78, 5) is 2.48. The van der Waals surface area contributed by atoms with Crippen LogP contribution >= 0.6 is 0 Å². The van der Waals surface area contributed by atoms with Crippen molar-refractivity contribution in [1.82, 2.24) is 10.2 Å². The summed E-state index contributed by atoms with van der Waals surface area (Å²) in [6.07, 6.45) is 0. The smallest absolute Gasteiger partial charge is 0.118 e. The highest BCUT2D eigenvalue weighted by Crippen LogP contribution is 2.24. The number of nitrogens with zero attached hydrogens (tertiary/aromatic N) is 1. The first-order valence-corrected chi connectivity index (χ1v) is 6.13. The largest absolute Gasteiger partial charge is 0.463 e. The Balaban J connectivity index is 1.89. The third-order valence-electron chi connectivity index (χ3n) is 3.51. The molecule has 1 saturated heterocycles. The lowest BCUT2D eigenvalue weighted by atomic mass is 10.0. The van der Waals surface area contributed by atoms with Crippen molar-refractivity contribution in [1.29, 1.82) is 0 Å². The number of rotatable bonds is 4. The van der Waals surface area contributed by atoms with Crippen LogP contribution in [0.15, 0.2) is 16.5 Å². The Bertz CT molecular complexity index is 324. The average molecular weight is 222 g/mol. The van der Waals surface area contributed by atoms with Gasteiger partial charge in [-0.15, -0.1) is 0 Å². The lowest BCUT2D eigenvalue weighted by molar-refractivity contribution is 0.281. The average Bonchev–Trinajstić information content (AvgIpc) is 2.77. The van der Waals surface area contributed by atoms with Crippen LogP contribution in [0.1, 0.15) is 25.4 Å². The van der Waals surface area contributed by atoms with Gasteiger partial charge in [-0.25, -0.2) is 0 Å². The minimum Gasteiger partial charge on any atom is -0.463 e. The van der Waals surface area contributed by atoms with Crippen molar-refractivity contribution in [2.75, 3.05) is 20.1 Å².